The van der Waals surface area contributed by atoms with Gasteiger partial charge in [-0.3, -0.25) is 4.90 Å². The van der Waals surface area contributed by atoms with Gasteiger partial charge in [0, 0.05) is 32.7 Å². The zero-order valence-electron chi connectivity index (χ0n) is 13.4. The summed E-state index contributed by atoms with van der Waals surface area (Å²) in [6, 6.07) is 17.2. The van der Waals surface area contributed by atoms with Crippen LogP contribution < -0.4 is 0 Å². The molecule has 2 aromatic rings. The van der Waals surface area contributed by atoms with Gasteiger partial charge in [-0.05, 0) is 24.6 Å². The lowest BCUT2D eigenvalue weighted by Gasteiger charge is -2.34. The molecule has 3 rings (SSSR count). The van der Waals surface area contributed by atoms with Crippen LogP contribution in [0.3, 0.4) is 0 Å². The fourth-order valence-electron chi connectivity index (χ4n) is 2.94. The maximum Gasteiger partial charge on any atom is 0.243 e. The molecule has 1 aliphatic heterocycles. The van der Waals surface area contributed by atoms with Gasteiger partial charge in [0.2, 0.25) is 10.0 Å². The highest BCUT2D eigenvalue weighted by molar-refractivity contribution is 7.89. The highest BCUT2D eigenvalue weighted by Gasteiger charge is 2.28. The Morgan fingerprint density at radius 1 is 0.913 bits per heavy atom. The van der Waals surface area contributed by atoms with Crippen molar-refractivity contribution in [1.82, 2.24) is 9.21 Å². The molecule has 1 saturated heterocycles. The van der Waals surface area contributed by atoms with Crippen molar-refractivity contribution in [2.75, 3.05) is 26.2 Å². The van der Waals surface area contributed by atoms with Gasteiger partial charge in [-0.15, -0.1) is 0 Å². The largest absolute Gasteiger partial charge is 0.296 e. The van der Waals surface area contributed by atoms with E-state index >= 15 is 0 Å². The summed E-state index contributed by atoms with van der Waals surface area (Å²) < 4.78 is 26.8. The van der Waals surface area contributed by atoms with Crippen molar-refractivity contribution >= 4 is 10.0 Å². The average molecular weight is 330 g/mol. The number of aryl methyl sites for hydroxylation is 1. The third-order valence-electron chi connectivity index (χ3n) is 4.20. The van der Waals surface area contributed by atoms with Gasteiger partial charge in [-0.25, -0.2) is 8.42 Å². The fraction of sp³-hybridized carbons (Fsp3) is 0.333. The van der Waals surface area contributed by atoms with Crippen LogP contribution in [0.15, 0.2) is 59.5 Å². The first-order chi connectivity index (χ1) is 11.1. The molecule has 0 unspecified atom stereocenters. The van der Waals surface area contributed by atoms with Crippen LogP contribution in [0.4, 0.5) is 0 Å². The number of piperazine rings is 1. The summed E-state index contributed by atoms with van der Waals surface area (Å²) in [5.41, 5.74) is 2.54. The lowest BCUT2D eigenvalue weighted by Crippen LogP contribution is -2.48. The van der Waals surface area contributed by atoms with Crippen LogP contribution in [-0.2, 0) is 16.6 Å². The van der Waals surface area contributed by atoms with E-state index in [1.165, 1.54) is 11.1 Å². The molecule has 1 aliphatic rings. The van der Waals surface area contributed by atoms with E-state index < -0.39 is 10.0 Å². The molecule has 4 nitrogen and oxygen atoms in total. The third-order valence-corrected chi connectivity index (χ3v) is 6.11. The Bertz CT molecular complexity index is 752. The standard InChI is InChI=1S/C18H22N2O2S/c1-16-6-5-7-17(14-16)15-19-10-12-20(13-11-19)23(21,22)18-8-3-2-4-9-18/h2-9,14H,10-13,15H2,1H3. The van der Waals surface area contributed by atoms with Crippen LogP contribution in [0, 0.1) is 6.92 Å². The Morgan fingerprint density at radius 3 is 2.26 bits per heavy atom. The monoisotopic (exact) mass is 330 g/mol. The smallest absolute Gasteiger partial charge is 0.243 e. The zero-order chi connectivity index (χ0) is 16.3. The van der Waals surface area contributed by atoms with Gasteiger partial charge >= 0.3 is 0 Å². The van der Waals surface area contributed by atoms with E-state index in [1.54, 1.807) is 28.6 Å². The molecule has 0 spiro atoms. The zero-order valence-corrected chi connectivity index (χ0v) is 14.2. The van der Waals surface area contributed by atoms with E-state index in [4.69, 9.17) is 0 Å². The molecule has 0 radical (unpaired) electrons. The molecule has 0 aromatic heterocycles. The molecular weight excluding hydrogens is 308 g/mol. The van der Waals surface area contributed by atoms with Gasteiger partial charge in [-0.1, -0.05) is 48.0 Å². The van der Waals surface area contributed by atoms with Gasteiger partial charge < -0.3 is 0 Å². The quantitative estimate of drug-likeness (QED) is 0.865. The Hall–Kier alpha value is -1.69. The molecule has 0 amide bonds. The molecule has 23 heavy (non-hydrogen) atoms. The van der Waals surface area contributed by atoms with Crippen LogP contribution in [0.5, 0.6) is 0 Å². The summed E-state index contributed by atoms with van der Waals surface area (Å²) in [7, 11) is -3.36. The number of hydrogen-bond acceptors (Lipinski definition) is 3. The number of hydrogen-bond donors (Lipinski definition) is 0. The molecule has 122 valence electrons. The number of sulfonamides is 1. The lowest BCUT2D eigenvalue weighted by atomic mass is 10.1. The molecule has 5 heteroatoms. The van der Waals surface area contributed by atoms with Crippen molar-refractivity contribution in [3.05, 3.63) is 65.7 Å². The molecule has 1 fully saturated rings. The first-order valence-electron chi connectivity index (χ1n) is 7.89. The van der Waals surface area contributed by atoms with Crippen LogP contribution in [0.2, 0.25) is 0 Å². The van der Waals surface area contributed by atoms with Crippen LogP contribution in [0.25, 0.3) is 0 Å². The summed E-state index contributed by atoms with van der Waals surface area (Å²) in [5.74, 6) is 0. The van der Waals surface area contributed by atoms with E-state index in [2.05, 4.69) is 36.1 Å². The Kier molecular flexibility index (Phi) is 4.80. The highest BCUT2D eigenvalue weighted by atomic mass is 32.2. The van der Waals surface area contributed by atoms with Crippen molar-refractivity contribution in [1.29, 1.82) is 0 Å². The number of rotatable bonds is 4. The predicted octanol–water partition coefficient (Wildman–Crippen LogP) is 2.50. The van der Waals surface area contributed by atoms with Crippen molar-refractivity contribution < 1.29 is 8.42 Å². The molecule has 0 bridgehead atoms. The second-order valence-corrected chi connectivity index (χ2v) is 7.92. The van der Waals surface area contributed by atoms with E-state index in [-0.39, 0.29) is 0 Å². The first-order valence-corrected chi connectivity index (χ1v) is 9.33. The molecule has 1 heterocycles. The molecule has 0 aliphatic carbocycles. The van der Waals surface area contributed by atoms with Gasteiger partial charge in [0.1, 0.15) is 0 Å². The summed E-state index contributed by atoms with van der Waals surface area (Å²) in [5, 5.41) is 0. The van der Waals surface area contributed by atoms with Crippen molar-refractivity contribution in [2.24, 2.45) is 0 Å². The van der Waals surface area contributed by atoms with E-state index in [1.807, 2.05) is 6.07 Å². The second kappa shape index (κ2) is 6.83. The minimum Gasteiger partial charge on any atom is -0.296 e. The van der Waals surface area contributed by atoms with Gasteiger partial charge in [0.25, 0.3) is 0 Å². The van der Waals surface area contributed by atoms with Crippen molar-refractivity contribution in [3.8, 4) is 0 Å². The molecule has 0 N–H and O–H groups in total. The van der Waals surface area contributed by atoms with Crippen LogP contribution >= 0.6 is 0 Å². The van der Waals surface area contributed by atoms with E-state index in [9.17, 15) is 8.42 Å². The summed E-state index contributed by atoms with van der Waals surface area (Å²) in [6.45, 7) is 5.58. The maximum atomic E-state index is 12.6. The summed E-state index contributed by atoms with van der Waals surface area (Å²) >= 11 is 0. The third kappa shape index (κ3) is 3.80. The molecule has 0 saturated carbocycles. The first kappa shape index (κ1) is 16.2. The van der Waals surface area contributed by atoms with Crippen molar-refractivity contribution in [2.45, 2.75) is 18.4 Å². The average Bonchev–Trinajstić information content (AvgIpc) is 2.56. The summed E-state index contributed by atoms with van der Waals surface area (Å²) in [4.78, 5) is 2.69. The van der Waals surface area contributed by atoms with Crippen LogP contribution in [0.1, 0.15) is 11.1 Å². The SMILES string of the molecule is Cc1cccc(CN2CCN(S(=O)(=O)c3ccccc3)CC2)c1. The minimum absolute atomic E-state index is 0.382. The number of nitrogens with zero attached hydrogens (tertiary/aromatic N) is 2. The van der Waals surface area contributed by atoms with E-state index in [0.717, 1.165) is 19.6 Å². The van der Waals surface area contributed by atoms with Crippen LogP contribution in [-0.4, -0.2) is 43.8 Å². The Labute approximate surface area is 138 Å². The Balaban J connectivity index is 1.62. The lowest BCUT2D eigenvalue weighted by molar-refractivity contribution is 0.181. The fourth-order valence-corrected chi connectivity index (χ4v) is 4.38. The normalized spacial score (nSPS) is 17.3. The van der Waals surface area contributed by atoms with E-state index in [0.29, 0.717) is 18.0 Å². The molecule has 0 atom stereocenters. The van der Waals surface area contributed by atoms with Gasteiger partial charge in [0.05, 0.1) is 4.90 Å². The Morgan fingerprint density at radius 2 is 1.61 bits per heavy atom. The van der Waals surface area contributed by atoms with Crippen molar-refractivity contribution in [3.63, 3.8) is 0 Å². The van der Waals surface area contributed by atoms with Gasteiger partial charge in [0.15, 0.2) is 0 Å². The topological polar surface area (TPSA) is 40.6 Å². The molecule has 2 aromatic carbocycles. The minimum atomic E-state index is -3.36. The van der Waals surface area contributed by atoms with Gasteiger partial charge in [-0.2, -0.15) is 4.31 Å². The molecular formula is C18H22N2O2S. The second-order valence-electron chi connectivity index (χ2n) is 5.98. The summed E-state index contributed by atoms with van der Waals surface area (Å²) in [6.07, 6.45) is 0. The predicted molar refractivity (Wildman–Crippen MR) is 91.7 cm³/mol. The number of benzene rings is 2. The maximum absolute atomic E-state index is 12.6. The highest BCUT2D eigenvalue weighted by Crippen LogP contribution is 2.18.